The van der Waals surface area contributed by atoms with Gasteiger partial charge in [0.05, 0.1) is 19.5 Å². The van der Waals surface area contributed by atoms with Crippen molar-refractivity contribution < 1.29 is 4.74 Å². The molecular weight excluding hydrogens is 218 g/mol. The molecule has 0 saturated carbocycles. The fourth-order valence-corrected chi connectivity index (χ4v) is 1.36. The first kappa shape index (κ1) is 11.1. The smallest absolute Gasteiger partial charge is 0.218 e. The molecular formula is C11H13N5O. The molecule has 2 aromatic rings. The first-order valence-corrected chi connectivity index (χ1v) is 5.09. The summed E-state index contributed by atoms with van der Waals surface area (Å²) in [5.41, 5.74) is 6.40. The van der Waals surface area contributed by atoms with Crippen molar-refractivity contribution in [1.82, 2.24) is 15.0 Å². The van der Waals surface area contributed by atoms with Gasteiger partial charge in [-0.2, -0.15) is 0 Å². The van der Waals surface area contributed by atoms with E-state index in [0.717, 1.165) is 5.56 Å². The molecule has 0 radical (unpaired) electrons. The molecule has 0 aliphatic heterocycles. The molecule has 0 aliphatic carbocycles. The number of nitrogens with one attached hydrogen (secondary N) is 1. The highest BCUT2D eigenvalue weighted by Gasteiger charge is 2.03. The molecule has 0 unspecified atom stereocenters. The molecule has 0 atom stereocenters. The quantitative estimate of drug-likeness (QED) is 0.818. The largest absolute Gasteiger partial charge is 0.481 e. The van der Waals surface area contributed by atoms with Gasteiger partial charge in [0.25, 0.3) is 0 Å². The molecule has 0 saturated heterocycles. The summed E-state index contributed by atoms with van der Waals surface area (Å²) in [6.07, 6.45) is 4.77. The average molecular weight is 231 g/mol. The summed E-state index contributed by atoms with van der Waals surface area (Å²) in [4.78, 5) is 12.1. The standard InChI is InChI=1S/C11H13N5O/c1-17-11-8(3-2-4-13-11)5-15-10-7-14-9(12)6-16-10/h2-4,6-7H,5H2,1H3,(H2,12,14)(H,15,16). The predicted octanol–water partition coefficient (Wildman–Crippen LogP) is 1.07. The van der Waals surface area contributed by atoms with E-state index < -0.39 is 0 Å². The lowest BCUT2D eigenvalue weighted by molar-refractivity contribution is 0.393. The van der Waals surface area contributed by atoms with Crippen LogP contribution in [0.2, 0.25) is 0 Å². The summed E-state index contributed by atoms with van der Waals surface area (Å²) < 4.78 is 5.15. The molecule has 6 nitrogen and oxygen atoms in total. The van der Waals surface area contributed by atoms with Crippen LogP contribution in [-0.4, -0.2) is 22.1 Å². The Morgan fingerprint density at radius 2 is 2.18 bits per heavy atom. The third kappa shape index (κ3) is 2.81. The fourth-order valence-electron chi connectivity index (χ4n) is 1.36. The maximum Gasteiger partial charge on any atom is 0.218 e. The van der Waals surface area contributed by atoms with Crippen molar-refractivity contribution in [2.45, 2.75) is 6.54 Å². The Kier molecular flexibility index (Phi) is 3.34. The lowest BCUT2D eigenvalue weighted by Crippen LogP contribution is -2.04. The Morgan fingerprint density at radius 3 is 2.88 bits per heavy atom. The number of nitrogens with zero attached hydrogens (tertiary/aromatic N) is 3. The molecule has 0 aromatic carbocycles. The first-order chi connectivity index (χ1) is 8.29. The zero-order chi connectivity index (χ0) is 12.1. The summed E-state index contributed by atoms with van der Waals surface area (Å²) in [7, 11) is 1.59. The van der Waals surface area contributed by atoms with Gasteiger partial charge in [-0.15, -0.1) is 0 Å². The number of pyridine rings is 1. The van der Waals surface area contributed by atoms with Crippen LogP contribution >= 0.6 is 0 Å². The van der Waals surface area contributed by atoms with Crippen LogP contribution in [0.1, 0.15) is 5.56 Å². The lowest BCUT2D eigenvalue weighted by atomic mass is 10.2. The van der Waals surface area contributed by atoms with Crippen molar-refractivity contribution in [1.29, 1.82) is 0 Å². The van der Waals surface area contributed by atoms with Gasteiger partial charge in [0.1, 0.15) is 11.6 Å². The highest BCUT2D eigenvalue weighted by atomic mass is 16.5. The number of anilines is 2. The van der Waals surface area contributed by atoms with E-state index in [-0.39, 0.29) is 0 Å². The number of nitrogens with two attached hydrogens (primary N) is 1. The molecule has 0 aliphatic rings. The van der Waals surface area contributed by atoms with Crippen molar-refractivity contribution in [2.24, 2.45) is 0 Å². The Labute approximate surface area is 98.9 Å². The van der Waals surface area contributed by atoms with E-state index in [1.165, 1.54) is 6.20 Å². The number of aromatic nitrogens is 3. The van der Waals surface area contributed by atoms with Crippen molar-refractivity contribution in [3.8, 4) is 5.88 Å². The number of hydrogen-bond acceptors (Lipinski definition) is 6. The van der Waals surface area contributed by atoms with Crippen LogP contribution in [0.3, 0.4) is 0 Å². The normalized spacial score (nSPS) is 9.94. The molecule has 88 valence electrons. The van der Waals surface area contributed by atoms with Crippen LogP contribution in [0.25, 0.3) is 0 Å². The van der Waals surface area contributed by atoms with Gasteiger partial charge in [0.2, 0.25) is 5.88 Å². The topological polar surface area (TPSA) is 86.0 Å². The Bertz CT molecular complexity index is 485. The Hall–Kier alpha value is -2.37. The molecule has 0 fully saturated rings. The maximum absolute atomic E-state index is 5.45. The molecule has 0 spiro atoms. The van der Waals surface area contributed by atoms with Gasteiger partial charge in [-0.3, -0.25) is 0 Å². The van der Waals surface area contributed by atoms with Crippen LogP contribution in [-0.2, 0) is 6.54 Å². The maximum atomic E-state index is 5.45. The van der Waals surface area contributed by atoms with E-state index in [9.17, 15) is 0 Å². The van der Waals surface area contributed by atoms with Crippen LogP contribution in [0.15, 0.2) is 30.7 Å². The average Bonchev–Trinajstić information content (AvgIpc) is 2.38. The number of ether oxygens (including phenoxy) is 1. The molecule has 6 heteroatoms. The molecule has 2 heterocycles. The van der Waals surface area contributed by atoms with Gasteiger partial charge in [0.15, 0.2) is 0 Å². The molecule has 2 rings (SSSR count). The van der Waals surface area contributed by atoms with Crippen molar-refractivity contribution in [3.63, 3.8) is 0 Å². The monoisotopic (exact) mass is 231 g/mol. The minimum absolute atomic E-state index is 0.398. The predicted molar refractivity (Wildman–Crippen MR) is 64.6 cm³/mol. The summed E-state index contributed by atoms with van der Waals surface area (Å²) >= 11 is 0. The van der Waals surface area contributed by atoms with Crippen molar-refractivity contribution >= 4 is 11.6 Å². The minimum Gasteiger partial charge on any atom is -0.481 e. The van der Waals surface area contributed by atoms with Crippen LogP contribution in [0.4, 0.5) is 11.6 Å². The van der Waals surface area contributed by atoms with Crippen LogP contribution < -0.4 is 15.8 Å². The second kappa shape index (κ2) is 5.11. The Balaban J connectivity index is 2.04. The highest BCUT2D eigenvalue weighted by Crippen LogP contribution is 2.14. The SMILES string of the molecule is COc1ncccc1CNc1cnc(N)cn1. The van der Waals surface area contributed by atoms with E-state index in [0.29, 0.717) is 24.1 Å². The highest BCUT2D eigenvalue weighted by molar-refractivity contribution is 5.38. The third-order valence-electron chi connectivity index (χ3n) is 2.18. The number of methoxy groups -OCH3 is 1. The lowest BCUT2D eigenvalue weighted by Gasteiger charge is -2.08. The van der Waals surface area contributed by atoms with Crippen LogP contribution in [0, 0.1) is 0 Å². The number of hydrogen-bond donors (Lipinski definition) is 2. The van der Waals surface area contributed by atoms with E-state index >= 15 is 0 Å². The van der Waals surface area contributed by atoms with Gasteiger partial charge >= 0.3 is 0 Å². The van der Waals surface area contributed by atoms with E-state index in [2.05, 4.69) is 20.3 Å². The zero-order valence-electron chi connectivity index (χ0n) is 9.42. The third-order valence-corrected chi connectivity index (χ3v) is 2.18. The number of rotatable bonds is 4. The second-order valence-electron chi connectivity index (χ2n) is 3.35. The van der Waals surface area contributed by atoms with Gasteiger partial charge in [0, 0.05) is 18.3 Å². The molecule has 2 aromatic heterocycles. The summed E-state index contributed by atoms with van der Waals surface area (Å²) in [6, 6.07) is 3.79. The molecule has 0 amide bonds. The van der Waals surface area contributed by atoms with Gasteiger partial charge in [-0.25, -0.2) is 15.0 Å². The fraction of sp³-hybridized carbons (Fsp3) is 0.182. The summed E-state index contributed by atoms with van der Waals surface area (Å²) in [5.74, 6) is 1.66. The van der Waals surface area contributed by atoms with Crippen molar-refractivity contribution in [3.05, 3.63) is 36.3 Å². The zero-order valence-corrected chi connectivity index (χ0v) is 9.42. The van der Waals surface area contributed by atoms with Gasteiger partial charge in [-0.05, 0) is 6.07 Å². The van der Waals surface area contributed by atoms with E-state index in [1.807, 2.05) is 12.1 Å². The minimum atomic E-state index is 0.398. The van der Waals surface area contributed by atoms with E-state index in [4.69, 9.17) is 10.5 Å². The van der Waals surface area contributed by atoms with Crippen molar-refractivity contribution in [2.75, 3.05) is 18.2 Å². The summed E-state index contributed by atoms with van der Waals surface area (Å²) in [6.45, 7) is 0.565. The summed E-state index contributed by atoms with van der Waals surface area (Å²) in [5, 5.41) is 3.11. The second-order valence-corrected chi connectivity index (χ2v) is 3.35. The van der Waals surface area contributed by atoms with Crippen LogP contribution in [0.5, 0.6) is 5.88 Å². The molecule has 17 heavy (non-hydrogen) atoms. The van der Waals surface area contributed by atoms with Gasteiger partial charge < -0.3 is 15.8 Å². The first-order valence-electron chi connectivity index (χ1n) is 5.09. The molecule has 3 N–H and O–H groups in total. The number of nitrogen functional groups attached to an aromatic ring is 1. The Morgan fingerprint density at radius 1 is 1.29 bits per heavy atom. The molecule has 0 bridgehead atoms. The van der Waals surface area contributed by atoms with Gasteiger partial charge in [-0.1, -0.05) is 6.07 Å². The van der Waals surface area contributed by atoms with E-state index in [1.54, 1.807) is 19.5 Å².